The second-order valence-corrected chi connectivity index (χ2v) is 3.90. The maximum atomic E-state index is 13.7. The first kappa shape index (κ1) is 10.3. The van der Waals surface area contributed by atoms with E-state index in [0.717, 1.165) is 19.6 Å². The molecule has 82 valence electrons. The maximum absolute atomic E-state index is 13.7. The summed E-state index contributed by atoms with van der Waals surface area (Å²) in [5.41, 5.74) is 0.409. The van der Waals surface area contributed by atoms with E-state index in [1.165, 1.54) is 6.33 Å². The van der Waals surface area contributed by atoms with Gasteiger partial charge in [0.1, 0.15) is 6.33 Å². The van der Waals surface area contributed by atoms with Crippen LogP contribution in [0.3, 0.4) is 0 Å². The minimum atomic E-state index is -0.299. The van der Waals surface area contributed by atoms with Gasteiger partial charge in [-0.1, -0.05) is 0 Å². The van der Waals surface area contributed by atoms with Gasteiger partial charge in [-0.15, -0.1) is 0 Å². The molecule has 1 atom stereocenters. The Morgan fingerprint density at radius 2 is 2.33 bits per heavy atom. The summed E-state index contributed by atoms with van der Waals surface area (Å²) in [5, 5.41) is 3.31. The molecule has 0 saturated carbocycles. The highest BCUT2D eigenvalue weighted by Gasteiger charge is 2.20. The topological polar surface area (TPSA) is 41.1 Å². The monoisotopic (exact) mass is 210 g/mol. The quantitative estimate of drug-likeness (QED) is 0.741. The van der Waals surface area contributed by atoms with Crippen molar-refractivity contribution in [3.05, 3.63) is 17.8 Å². The summed E-state index contributed by atoms with van der Waals surface area (Å²) >= 11 is 0. The third-order valence-corrected chi connectivity index (χ3v) is 2.61. The van der Waals surface area contributed by atoms with Crippen molar-refractivity contribution in [1.82, 2.24) is 15.3 Å². The molecule has 1 fully saturated rings. The zero-order chi connectivity index (χ0) is 10.8. The molecule has 4 nitrogen and oxygen atoms in total. The van der Waals surface area contributed by atoms with Gasteiger partial charge in [0.2, 0.25) is 0 Å². The lowest BCUT2D eigenvalue weighted by atomic mass is 10.2. The number of anilines is 1. The summed E-state index contributed by atoms with van der Waals surface area (Å²) < 4.78 is 13.7. The highest BCUT2D eigenvalue weighted by Crippen LogP contribution is 2.18. The number of hydrogen-bond acceptors (Lipinski definition) is 4. The van der Waals surface area contributed by atoms with E-state index in [9.17, 15) is 4.39 Å². The standard InChI is InChI=1S/C10H15FN4/c1-7-5-15(4-3-12-7)10-9(11)8(2)13-6-14-10/h6-7,12H,3-5H2,1-2H3. The van der Waals surface area contributed by atoms with Crippen LogP contribution in [0, 0.1) is 12.7 Å². The number of halogens is 1. The van der Waals surface area contributed by atoms with Crippen molar-refractivity contribution < 1.29 is 4.39 Å². The molecule has 0 radical (unpaired) electrons. The smallest absolute Gasteiger partial charge is 0.186 e. The van der Waals surface area contributed by atoms with E-state index in [-0.39, 0.29) is 5.82 Å². The fourth-order valence-corrected chi connectivity index (χ4v) is 1.79. The van der Waals surface area contributed by atoms with Crippen molar-refractivity contribution in [2.24, 2.45) is 0 Å². The molecule has 1 aromatic rings. The van der Waals surface area contributed by atoms with Crippen LogP contribution in [0.25, 0.3) is 0 Å². The van der Waals surface area contributed by atoms with Crippen molar-refractivity contribution in [3.63, 3.8) is 0 Å². The van der Waals surface area contributed by atoms with E-state index in [1.54, 1.807) is 6.92 Å². The van der Waals surface area contributed by atoms with Gasteiger partial charge < -0.3 is 10.2 Å². The molecule has 1 aliphatic heterocycles. The summed E-state index contributed by atoms with van der Waals surface area (Å²) in [5.74, 6) is 0.127. The van der Waals surface area contributed by atoms with Crippen LogP contribution < -0.4 is 10.2 Å². The molecule has 0 spiro atoms. The van der Waals surface area contributed by atoms with Gasteiger partial charge in [-0.25, -0.2) is 14.4 Å². The molecule has 0 aliphatic carbocycles. The lowest BCUT2D eigenvalue weighted by molar-refractivity contribution is 0.473. The molecule has 1 aliphatic rings. The first-order valence-corrected chi connectivity index (χ1v) is 5.14. The van der Waals surface area contributed by atoms with Crippen LogP contribution in [0.4, 0.5) is 10.2 Å². The van der Waals surface area contributed by atoms with Crippen LogP contribution >= 0.6 is 0 Å². The highest BCUT2D eigenvalue weighted by molar-refractivity contribution is 5.41. The molecule has 2 heterocycles. The molecule has 0 bridgehead atoms. The second kappa shape index (κ2) is 4.10. The van der Waals surface area contributed by atoms with Crippen LogP contribution in [0.15, 0.2) is 6.33 Å². The maximum Gasteiger partial charge on any atom is 0.186 e. The van der Waals surface area contributed by atoms with Crippen LogP contribution in [0.2, 0.25) is 0 Å². The molecular formula is C10H15FN4. The molecule has 0 aromatic carbocycles. The number of aryl methyl sites for hydroxylation is 1. The van der Waals surface area contributed by atoms with Gasteiger partial charge in [0, 0.05) is 25.7 Å². The average Bonchev–Trinajstić information content (AvgIpc) is 2.22. The van der Waals surface area contributed by atoms with E-state index >= 15 is 0 Å². The Hall–Kier alpha value is -1.23. The van der Waals surface area contributed by atoms with Gasteiger partial charge >= 0.3 is 0 Å². The fraction of sp³-hybridized carbons (Fsp3) is 0.600. The lowest BCUT2D eigenvalue weighted by Crippen LogP contribution is -2.49. The Labute approximate surface area is 88.5 Å². The summed E-state index contributed by atoms with van der Waals surface area (Å²) in [6, 6.07) is 0.369. The summed E-state index contributed by atoms with van der Waals surface area (Å²) in [7, 11) is 0. The second-order valence-electron chi connectivity index (χ2n) is 3.90. The summed E-state index contributed by atoms with van der Waals surface area (Å²) in [6.07, 6.45) is 1.42. The van der Waals surface area contributed by atoms with Crippen molar-refractivity contribution in [1.29, 1.82) is 0 Å². The Morgan fingerprint density at radius 1 is 1.53 bits per heavy atom. The number of aromatic nitrogens is 2. The molecule has 1 N–H and O–H groups in total. The molecule has 15 heavy (non-hydrogen) atoms. The average molecular weight is 210 g/mol. The third-order valence-electron chi connectivity index (χ3n) is 2.61. The molecule has 5 heteroatoms. The van der Waals surface area contributed by atoms with Crippen LogP contribution in [-0.4, -0.2) is 35.6 Å². The van der Waals surface area contributed by atoms with Crippen LogP contribution in [-0.2, 0) is 0 Å². The van der Waals surface area contributed by atoms with E-state index in [2.05, 4.69) is 22.2 Å². The predicted molar refractivity (Wildman–Crippen MR) is 56.4 cm³/mol. The third kappa shape index (κ3) is 2.07. The van der Waals surface area contributed by atoms with Gasteiger partial charge in [-0.3, -0.25) is 0 Å². The molecule has 1 unspecified atom stereocenters. The minimum Gasteiger partial charge on any atom is -0.351 e. The SMILES string of the molecule is Cc1ncnc(N2CCNC(C)C2)c1F. The number of rotatable bonds is 1. The first-order valence-electron chi connectivity index (χ1n) is 5.14. The number of nitrogens with one attached hydrogen (secondary N) is 1. The Morgan fingerprint density at radius 3 is 3.07 bits per heavy atom. The van der Waals surface area contributed by atoms with E-state index in [4.69, 9.17) is 0 Å². The number of piperazine rings is 1. The van der Waals surface area contributed by atoms with E-state index < -0.39 is 0 Å². The molecule has 1 saturated heterocycles. The molecular weight excluding hydrogens is 195 g/mol. The van der Waals surface area contributed by atoms with Gasteiger partial charge in [0.15, 0.2) is 11.6 Å². The van der Waals surface area contributed by atoms with Gasteiger partial charge in [-0.05, 0) is 13.8 Å². The zero-order valence-electron chi connectivity index (χ0n) is 9.00. The molecule has 0 amide bonds. The van der Waals surface area contributed by atoms with Crippen molar-refractivity contribution in [3.8, 4) is 0 Å². The molecule has 2 rings (SSSR count). The zero-order valence-corrected chi connectivity index (χ0v) is 9.00. The van der Waals surface area contributed by atoms with E-state index in [1.807, 2.05) is 4.90 Å². The first-order chi connectivity index (χ1) is 7.18. The van der Waals surface area contributed by atoms with Crippen molar-refractivity contribution >= 4 is 5.82 Å². The molecule has 1 aromatic heterocycles. The Bertz CT molecular complexity index is 355. The Kier molecular flexibility index (Phi) is 2.81. The largest absolute Gasteiger partial charge is 0.351 e. The highest BCUT2D eigenvalue weighted by atomic mass is 19.1. The number of nitrogens with zero attached hydrogens (tertiary/aromatic N) is 3. The lowest BCUT2D eigenvalue weighted by Gasteiger charge is -2.32. The Balaban J connectivity index is 2.24. The summed E-state index contributed by atoms with van der Waals surface area (Å²) in [4.78, 5) is 9.80. The normalized spacial score (nSPS) is 21.8. The van der Waals surface area contributed by atoms with Gasteiger partial charge in [0.05, 0.1) is 5.69 Å². The minimum absolute atomic E-state index is 0.299. The van der Waals surface area contributed by atoms with Gasteiger partial charge in [-0.2, -0.15) is 0 Å². The number of hydrogen-bond donors (Lipinski definition) is 1. The summed E-state index contributed by atoms with van der Waals surface area (Å²) in [6.45, 7) is 6.18. The predicted octanol–water partition coefficient (Wildman–Crippen LogP) is 0.722. The van der Waals surface area contributed by atoms with Crippen LogP contribution in [0.5, 0.6) is 0 Å². The van der Waals surface area contributed by atoms with E-state index in [0.29, 0.717) is 17.6 Å². The fourth-order valence-electron chi connectivity index (χ4n) is 1.79. The van der Waals surface area contributed by atoms with Crippen LogP contribution in [0.1, 0.15) is 12.6 Å². The van der Waals surface area contributed by atoms with Crippen molar-refractivity contribution in [2.45, 2.75) is 19.9 Å². The van der Waals surface area contributed by atoms with Crippen molar-refractivity contribution in [2.75, 3.05) is 24.5 Å². The van der Waals surface area contributed by atoms with Gasteiger partial charge in [0.25, 0.3) is 0 Å².